The van der Waals surface area contributed by atoms with Crippen LogP contribution in [0.15, 0.2) is 30.6 Å². The maximum absolute atomic E-state index is 13.9. The zero-order valence-corrected chi connectivity index (χ0v) is 19.0. The van der Waals surface area contributed by atoms with Gasteiger partial charge in [-0.05, 0) is 44.5 Å². The summed E-state index contributed by atoms with van der Waals surface area (Å²) in [6.45, 7) is 9.36. The second-order valence-electron chi connectivity index (χ2n) is 9.04. The molecule has 2 atom stereocenters. The molecule has 1 amide bonds. The first-order valence-electron chi connectivity index (χ1n) is 11.3. The number of amides is 1. The van der Waals surface area contributed by atoms with E-state index in [1.165, 1.54) is 9.75 Å². The number of rotatable bonds is 4. The molecule has 0 aliphatic carbocycles. The molecule has 0 aromatic carbocycles. The summed E-state index contributed by atoms with van der Waals surface area (Å²) >= 11 is 1.88. The van der Waals surface area contributed by atoms with Gasteiger partial charge in [-0.3, -0.25) is 9.69 Å². The van der Waals surface area contributed by atoms with Gasteiger partial charge in [0.1, 0.15) is 0 Å². The third-order valence-corrected chi connectivity index (χ3v) is 7.99. The van der Waals surface area contributed by atoms with Crippen molar-refractivity contribution in [2.24, 2.45) is 11.3 Å². The minimum atomic E-state index is -0.364. The van der Waals surface area contributed by atoms with Crippen LogP contribution in [0.2, 0.25) is 0 Å². The summed E-state index contributed by atoms with van der Waals surface area (Å²) in [6.07, 6.45) is 5.55. The summed E-state index contributed by atoms with van der Waals surface area (Å²) in [5, 5.41) is 0. The first-order valence-corrected chi connectivity index (χ1v) is 12.1. The number of hydrogen-bond donors (Lipinski definition) is 0. The zero-order chi connectivity index (χ0) is 21.3. The molecule has 166 valence electrons. The number of ether oxygens (including phenoxy) is 1. The van der Waals surface area contributed by atoms with Crippen LogP contribution >= 0.6 is 11.3 Å². The first-order chi connectivity index (χ1) is 15.1. The standard InChI is InChI=1S/C23H31N5O2S/c1-18-4-5-20(31-18)16-26-9-2-6-23(21(29)27-10-12-30-13-11-27)17-28(15-19(23)14-26)22-24-7-3-8-25-22/h3-5,7-8,19H,2,6,9-17H2,1H3/t19-,23-/m0/s1. The van der Waals surface area contributed by atoms with Crippen LogP contribution in [0.4, 0.5) is 5.95 Å². The van der Waals surface area contributed by atoms with Crippen molar-refractivity contribution < 1.29 is 9.53 Å². The molecule has 0 spiro atoms. The predicted molar refractivity (Wildman–Crippen MR) is 121 cm³/mol. The van der Waals surface area contributed by atoms with Crippen LogP contribution in [-0.4, -0.2) is 78.2 Å². The fourth-order valence-electron chi connectivity index (χ4n) is 5.48. The van der Waals surface area contributed by atoms with Crippen molar-refractivity contribution in [1.29, 1.82) is 0 Å². The van der Waals surface area contributed by atoms with Crippen LogP contribution in [0.5, 0.6) is 0 Å². The van der Waals surface area contributed by atoms with Gasteiger partial charge in [-0.15, -0.1) is 11.3 Å². The Morgan fingerprint density at radius 3 is 2.74 bits per heavy atom. The number of aromatic nitrogens is 2. The molecule has 0 radical (unpaired) electrons. The first kappa shape index (κ1) is 20.8. The zero-order valence-electron chi connectivity index (χ0n) is 18.2. The van der Waals surface area contributed by atoms with Gasteiger partial charge in [-0.25, -0.2) is 9.97 Å². The monoisotopic (exact) mass is 441 g/mol. The SMILES string of the molecule is Cc1ccc(CN2CCC[C@]3(C(=O)N4CCOCC4)CN(c4ncccn4)C[C@@H]3C2)s1. The van der Waals surface area contributed by atoms with Gasteiger partial charge in [0.05, 0.1) is 18.6 Å². The molecule has 0 unspecified atom stereocenters. The molecule has 3 saturated heterocycles. The second kappa shape index (κ2) is 8.84. The summed E-state index contributed by atoms with van der Waals surface area (Å²) in [5.41, 5.74) is -0.364. The van der Waals surface area contributed by atoms with E-state index in [0.717, 1.165) is 45.0 Å². The van der Waals surface area contributed by atoms with Gasteiger partial charge in [0.2, 0.25) is 11.9 Å². The Morgan fingerprint density at radius 2 is 2.00 bits per heavy atom. The minimum Gasteiger partial charge on any atom is -0.378 e. The Balaban J connectivity index is 1.41. The van der Waals surface area contributed by atoms with E-state index in [0.29, 0.717) is 38.8 Å². The Bertz CT molecular complexity index is 900. The van der Waals surface area contributed by atoms with Crippen LogP contribution in [0.3, 0.4) is 0 Å². The number of fused-ring (bicyclic) bond motifs is 1. The molecule has 8 heteroatoms. The topological polar surface area (TPSA) is 61.8 Å². The molecule has 0 bridgehead atoms. The van der Waals surface area contributed by atoms with Gasteiger partial charge in [0.25, 0.3) is 0 Å². The molecule has 0 saturated carbocycles. The molecule has 3 aliphatic rings. The third-order valence-electron chi connectivity index (χ3n) is 7.01. The molecule has 7 nitrogen and oxygen atoms in total. The number of likely N-dealkylation sites (tertiary alicyclic amines) is 1. The van der Waals surface area contributed by atoms with Gasteiger partial charge < -0.3 is 14.5 Å². The second-order valence-corrected chi connectivity index (χ2v) is 10.4. The molecule has 5 heterocycles. The van der Waals surface area contributed by atoms with Crippen molar-refractivity contribution in [3.63, 3.8) is 0 Å². The lowest BCUT2D eigenvalue weighted by Gasteiger charge is -2.38. The van der Waals surface area contributed by atoms with E-state index in [1.54, 1.807) is 12.4 Å². The number of aryl methyl sites for hydroxylation is 1. The van der Waals surface area contributed by atoms with E-state index in [1.807, 2.05) is 22.3 Å². The van der Waals surface area contributed by atoms with E-state index in [-0.39, 0.29) is 11.3 Å². The Morgan fingerprint density at radius 1 is 1.19 bits per heavy atom. The fourth-order valence-corrected chi connectivity index (χ4v) is 6.42. The van der Waals surface area contributed by atoms with Gasteiger partial charge >= 0.3 is 0 Å². The normalized spacial score (nSPS) is 27.2. The summed E-state index contributed by atoms with van der Waals surface area (Å²) in [5.74, 6) is 1.33. The van der Waals surface area contributed by atoms with Crippen LogP contribution in [-0.2, 0) is 16.1 Å². The van der Waals surface area contributed by atoms with Crippen molar-refractivity contribution in [1.82, 2.24) is 19.8 Å². The van der Waals surface area contributed by atoms with Crippen molar-refractivity contribution in [3.8, 4) is 0 Å². The minimum absolute atomic E-state index is 0.273. The Kier molecular flexibility index (Phi) is 5.95. The highest BCUT2D eigenvalue weighted by molar-refractivity contribution is 7.11. The molecule has 31 heavy (non-hydrogen) atoms. The van der Waals surface area contributed by atoms with Crippen molar-refractivity contribution >= 4 is 23.2 Å². The Labute approximate surface area is 188 Å². The average Bonchev–Trinajstić information content (AvgIpc) is 3.33. The molecule has 2 aromatic rings. The average molecular weight is 442 g/mol. The summed E-state index contributed by atoms with van der Waals surface area (Å²) in [4.78, 5) is 32.5. The van der Waals surface area contributed by atoms with E-state index in [9.17, 15) is 4.79 Å². The van der Waals surface area contributed by atoms with E-state index in [2.05, 4.69) is 38.8 Å². The molecular formula is C23H31N5O2S. The van der Waals surface area contributed by atoms with Crippen LogP contribution in [0.1, 0.15) is 22.6 Å². The third kappa shape index (κ3) is 4.21. The van der Waals surface area contributed by atoms with Crippen LogP contribution in [0, 0.1) is 18.3 Å². The summed E-state index contributed by atoms with van der Waals surface area (Å²) < 4.78 is 5.52. The van der Waals surface area contributed by atoms with Gasteiger partial charge in [0.15, 0.2) is 0 Å². The maximum atomic E-state index is 13.9. The number of carbonyl (C=O) groups excluding carboxylic acids is 1. The predicted octanol–water partition coefficient (Wildman–Crippen LogP) is 2.42. The highest BCUT2D eigenvalue weighted by Gasteiger charge is 2.54. The van der Waals surface area contributed by atoms with Crippen LogP contribution in [0.25, 0.3) is 0 Å². The number of morpholine rings is 1. The summed E-state index contributed by atoms with van der Waals surface area (Å²) in [7, 11) is 0. The molecule has 3 fully saturated rings. The van der Waals surface area contributed by atoms with Gasteiger partial charge in [-0.2, -0.15) is 0 Å². The van der Waals surface area contributed by atoms with E-state index >= 15 is 0 Å². The van der Waals surface area contributed by atoms with Gasteiger partial charge in [-0.1, -0.05) is 0 Å². The molecular weight excluding hydrogens is 410 g/mol. The Hall–Kier alpha value is -2.03. The largest absolute Gasteiger partial charge is 0.378 e. The number of thiophene rings is 1. The number of anilines is 1. The van der Waals surface area contributed by atoms with Crippen LogP contribution < -0.4 is 4.90 Å². The highest BCUT2D eigenvalue weighted by atomic mass is 32.1. The smallest absolute Gasteiger partial charge is 0.231 e. The quantitative estimate of drug-likeness (QED) is 0.726. The van der Waals surface area contributed by atoms with Crippen molar-refractivity contribution in [2.45, 2.75) is 26.3 Å². The lowest BCUT2D eigenvalue weighted by atomic mass is 9.73. The molecule has 5 rings (SSSR count). The fraction of sp³-hybridized carbons (Fsp3) is 0.609. The lowest BCUT2D eigenvalue weighted by Crippen LogP contribution is -2.52. The number of hydrogen-bond acceptors (Lipinski definition) is 7. The number of carbonyl (C=O) groups is 1. The van der Waals surface area contributed by atoms with E-state index in [4.69, 9.17) is 4.74 Å². The van der Waals surface area contributed by atoms with E-state index < -0.39 is 0 Å². The highest BCUT2D eigenvalue weighted by Crippen LogP contribution is 2.45. The number of nitrogens with zero attached hydrogens (tertiary/aromatic N) is 5. The lowest BCUT2D eigenvalue weighted by molar-refractivity contribution is -0.148. The van der Waals surface area contributed by atoms with Gasteiger partial charge in [0, 0.05) is 67.3 Å². The molecule has 2 aromatic heterocycles. The summed E-state index contributed by atoms with van der Waals surface area (Å²) in [6, 6.07) is 6.29. The molecule has 0 N–H and O–H groups in total. The van der Waals surface area contributed by atoms with Crippen molar-refractivity contribution in [3.05, 3.63) is 40.3 Å². The molecule has 3 aliphatic heterocycles. The maximum Gasteiger partial charge on any atom is 0.231 e. The van der Waals surface area contributed by atoms with Crippen molar-refractivity contribution in [2.75, 3.05) is 57.4 Å².